The molecule has 140 valence electrons. The maximum atomic E-state index is 12.2. The number of hydrogen-bond donors (Lipinski definition) is 1. The number of aryl methyl sites for hydroxylation is 1. The summed E-state index contributed by atoms with van der Waals surface area (Å²) < 4.78 is 1.20. The number of piperidine rings is 1. The van der Waals surface area contributed by atoms with E-state index in [1.54, 1.807) is 11.3 Å². The van der Waals surface area contributed by atoms with Crippen LogP contribution in [0.15, 0.2) is 24.3 Å². The molecule has 0 atom stereocenters. The monoisotopic (exact) mass is 373 g/mol. The first-order chi connectivity index (χ1) is 12.5. The van der Waals surface area contributed by atoms with Crippen LogP contribution in [0.25, 0.3) is 10.2 Å². The smallest absolute Gasteiger partial charge is 0.225 e. The van der Waals surface area contributed by atoms with Gasteiger partial charge in [-0.05, 0) is 37.8 Å². The summed E-state index contributed by atoms with van der Waals surface area (Å²) in [7, 11) is 0. The highest BCUT2D eigenvalue weighted by Crippen LogP contribution is 2.22. The van der Waals surface area contributed by atoms with E-state index in [2.05, 4.69) is 16.4 Å². The zero-order valence-corrected chi connectivity index (χ0v) is 16.3. The van der Waals surface area contributed by atoms with Gasteiger partial charge in [0.05, 0.1) is 15.2 Å². The summed E-state index contributed by atoms with van der Waals surface area (Å²) >= 11 is 1.71. The third-order valence-electron chi connectivity index (χ3n) is 4.80. The Balaban J connectivity index is 1.37. The van der Waals surface area contributed by atoms with Gasteiger partial charge in [-0.2, -0.15) is 0 Å². The molecule has 1 aromatic carbocycles. The molecule has 1 fully saturated rings. The Hall–Kier alpha value is -1.95. The van der Waals surface area contributed by atoms with Crippen molar-refractivity contribution in [2.24, 2.45) is 5.92 Å². The second-order valence-corrected chi connectivity index (χ2v) is 8.37. The van der Waals surface area contributed by atoms with Crippen LogP contribution in [0, 0.1) is 5.92 Å². The summed E-state index contributed by atoms with van der Waals surface area (Å²) in [5, 5.41) is 4.22. The number of carbonyl (C=O) groups is 2. The first-order valence-corrected chi connectivity index (χ1v) is 10.3. The van der Waals surface area contributed by atoms with Crippen LogP contribution < -0.4 is 5.32 Å². The molecule has 0 bridgehead atoms. The van der Waals surface area contributed by atoms with Crippen molar-refractivity contribution in [1.82, 2.24) is 15.2 Å². The number of rotatable bonds is 6. The maximum Gasteiger partial charge on any atom is 0.225 e. The molecular weight excluding hydrogens is 346 g/mol. The van der Waals surface area contributed by atoms with E-state index in [-0.39, 0.29) is 23.8 Å². The topological polar surface area (TPSA) is 62.3 Å². The maximum absolute atomic E-state index is 12.2. The third-order valence-corrected chi connectivity index (χ3v) is 5.89. The van der Waals surface area contributed by atoms with Gasteiger partial charge in [0.25, 0.3) is 0 Å². The van der Waals surface area contributed by atoms with E-state index < -0.39 is 0 Å². The highest BCUT2D eigenvalue weighted by Gasteiger charge is 2.24. The second-order valence-electron chi connectivity index (χ2n) is 7.25. The fraction of sp³-hybridized carbons (Fsp3) is 0.550. The van der Waals surface area contributed by atoms with Gasteiger partial charge in [0, 0.05) is 31.5 Å². The highest BCUT2D eigenvalue weighted by atomic mass is 32.1. The van der Waals surface area contributed by atoms with Crippen LogP contribution in [0.5, 0.6) is 0 Å². The number of hydrogen-bond acceptors (Lipinski definition) is 4. The number of carbonyl (C=O) groups excluding carboxylic acids is 2. The van der Waals surface area contributed by atoms with Gasteiger partial charge in [0.15, 0.2) is 0 Å². The number of aromatic nitrogens is 1. The summed E-state index contributed by atoms with van der Waals surface area (Å²) in [6.07, 6.45) is 3.88. The fourth-order valence-corrected chi connectivity index (χ4v) is 4.35. The van der Waals surface area contributed by atoms with Crippen molar-refractivity contribution >= 4 is 33.4 Å². The summed E-state index contributed by atoms with van der Waals surface area (Å²) in [6.45, 7) is 5.35. The Bertz CT molecular complexity index is 730. The minimum atomic E-state index is 0.0450. The van der Waals surface area contributed by atoms with Gasteiger partial charge < -0.3 is 10.2 Å². The van der Waals surface area contributed by atoms with E-state index in [0.29, 0.717) is 6.42 Å². The van der Waals surface area contributed by atoms with E-state index in [4.69, 9.17) is 0 Å². The molecule has 0 spiro atoms. The minimum Gasteiger partial charge on any atom is -0.353 e. The Morgan fingerprint density at radius 2 is 2.00 bits per heavy atom. The van der Waals surface area contributed by atoms with Crippen LogP contribution in [-0.2, 0) is 16.0 Å². The summed E-state index contributed by atoms with van der Waals surface area (Å²) in [5.41, 5.74) is 1.04. The van der Waals surface area contributed by atoms with Crippen molar-refractivity contribution in [3.8, 4) is 0 Å². The predicted octanol–water partition coefficient (Wildman–Crippen LogP) is 3.38. The van der Waals surface area contributed by atoms with Crippen molar-refractivity contribution in [2.75, 3.05) is 13.1 Å². The molecule has 5 nitrogen and oxygen atoms in total. The van der Waals surface area contributed by atoms with Crippen LogP contribution in [-0.4, -0.2) is 40.8 Å². The Kier molecular flexibility index (Phi) is 6.25. The zero-order chi connectivity index (χ0) is 18.5. The van der Waals surface area contributed by atoms with Gasteiger partial charge >= 0.3 is 0 Å². The fourth-order valence-electron chi connectivity index (χ4n) is 3.34. The number of fused-ring (bicyclic) bond motifs is 1. The largest absolute Gasteiger partial charge is 0.353 e. The van der Waals surface area contributed by atoms with E-state index in [1.165, 1.54) is 4.70 Å². The lowest BCUT2D eigenvalue weighted by Gasteiger charge is -2.33. The Morgan fingerprint density at radius 1 is 1.27 bits per heavy atom. The molecule has 2 amide bonds. The quantitative estimate of drug-likeness (QED) is 0.844. The van der Waals surface area contributed by atoms with Crippen molar-refractivity contribution in [2.45, 2.75) is 52.0 Å². The standard InChI is InChI=1S/C20H27N3O2S/c1-14(2)20(25)23-12-10-15(11-13-23)21-18(24)8-5-9-19-22-16-6-3-4-7-17(16)26-19/h3-4,6-7,14-15H,5,8-13H2,1-2H3,(H,21,24). The third kappa shape index (κ3) is 4.81. The van der Waals surface area contributed by atoms with Gasteiger partial charge in [0.1, 0.15) is 0 Å². The molecule has 0 saturated carbocycles. The molecule has 1 aliphatic rings. The summed E-state index contributed by atoms with van der Waals surface area (Å²) in [6, 6.07) is 8.33. The molecule has 1 aromatic heterocycles. The minimum absolute atomic E-state index is 0.0450. The van der Waals surface area contributed by atoms with Gasteiger partial charge in [0.2, 0.25) is 11.8 Å². The molecule has 1 saturated heterocycles. The zero-order valence-electron chi connectivity index (χ0n) is 15.5. The van der Waals surface area contributed by atoms with Crippen LogP contribution in [0.3, 0.4) is 0 Å². The average molecular weight is 374 g/mol. The van der Waals surface area contributed by atoms with Crippen LogP contribution in [0.2, 0.25) is 0 Å². The van der Waals surface area contributed by atoms with E-state index in [0.717, 1.165) is 49.3 Å². The highest BCUT2D eigenvalue weighted by molar-refractivity contribution is 7.18. The van der Waals surface area contributed by atoms with E-state index in [1.807, 2.05) is 36.9 Å². The van der Waals surface area contributed by atoms with Crippen molar-refractivity contribution in [3.05, 3.63) is 29.3 Å². The lowest BCUT2D eigenvalue weighted by atomic mass is 10.0. The van der Waals surface area contributed by atoms with Crippen LogP contribution in [0.4, 0.5) is 0 Å². The molecule has 0 radical (unpaired) electrons. The summed E-state index contributed by atoms with van der Waals surface area (Å²) in [5.74, 6) is 0.369. The average Bonchev–Trinajstić information content (AvgIpc) is 3.04. The van der Waals surface area contributed by atoms with Gasteiger partial charge in [-0.15, -0.1) is 11.3 Å². The molecule has 1 N–H and O–H groups in total. The number of nitrogens with one attached hydrogen (secondary N) is 1. The molecule has 1 aliphatic heterocycles. The SMILES string of the molecule is CC(C)C(=O)N1CCC(NC(=O)CCCc2nc3ccccc3s2)CC1. The van der Waals surface area contributed by atoms with E-state index in [9.17, 15) is 9.59 Å². The van der Waals surface area contributed by atoms with Crippen molar-refractivity contribution < 1.29 is 9.59 Å². The number of nitrogens with zero attached hydrogens (tertiary/aromatic N) is 2. The molecule has 2 heterocycles. The number of amides is 2. The van der Waals surface area contributed by atoms with Crippen LogP contribution >= 0.6 is 11.3 Å². The lowest BCUT2D eigenvalue weighted by molar-refractivity contribution is -0.135. The van der Waals surface area contributed by atoms with Crippen molar-refractivity contribution in [3.63, 3.8) is 0 Å². The van der Waals surface area contributed by atoms with Crippen LogP contribution in [0.1, 0.15) is 44.5 Å². The first kappa shape index (κ1) is 18.8. The lowest BCUT2D eigenvalue weighted by Crippen LogP contribution is -2.47. The molecule has 3 rings (SSSR count). The normalized spacial score (nSPS) is 15.6. The molecule has 0 unspecified atom stereocenters. The molecule has 26 heavy (non-hydrogen) atoms. The Labute approximate surface area is 158 Å². The predicted molar refractivity (Wildman–Crippen MR) is 105 cm³/mol. The number of benzene rings is 1. The van der Waals surface area contributed by atoms with Gasteiger partial charge in [-0.1, -0.05) is 26.0 Å². The molecule has 2 aromatic rings. The number of thiazole rings is 1. The van der Waals surface area contributed by atoms with Gasteiger partial charge in [-0.25, -0.2) is 4.98 Å². The second kappa shape index (κ2) is 8.62. The van der Waals surface area contributed by atoms with Gasteiger partial charge in [-0.3, -0.25) is 9.59 Å². The number of para-hydroxylation sites is 1. The summed E-state index contributed by atoms with van der Waals surface area (Å²) in [4.78, 5) is 30.7. The number of likely N-dealkylation sites (tertiary alicyclic amines) is 1. The molecular formula is C20H27N3O2S. The molecule has 0 aliphatic carbocycles. The van der Waals surface area contributed by atoms with E-state index >= 15 is 0 Å². The first-order valence-electron chi connectivity index (χ1n) is 9.45. The molecule has 6 heteroatoms. The van der Waals surface area contributed by atoms with Crippen molar-refractivity contribution in [1.29, 1.82) is 0 Å². The Morgan fingerprint density at radius 3 is 2.69 bits per heavy atom.